The Bertz CT molecular complexity index is 533. The number of esters is 1. The summed E-state index contributed by atoms with van der Waals surface area (Å²) in [6, 6.07) is 3.63. The number of hydrogen-bond acceptors (Lipinski definition) is 3. The van der Waals surface area contributed by atoms with Gasteiger partial charge in [0.1, 0.15) is 5.69 Å². The topological polar surface area (TPSA) is 44.1 Å². The number of rotatable bonds is 1. The highest BCUT2D eigenvalue weighted by Gasteiger charge is 2.14. The first-order valence-electron chi connectivity index (χ1n) is 4.33. The molecule has 0 saturated heterocycles. The number of nitrogens with zero attached hydrogens (tertiary/aromatic N) is 2. The number of hydrogen-bond donors (Lipinski definition) is 0. The lowest BCUT2D eigenvalue weighted by atomic mass is 10.4. The summed E-state index contributed by atoms with van der Waals surface area (Å²) in [5.74, 6) is -0.355. The number of pyridine rings is 1. The molecule has 0 radical (unpaired) electrons. The van der Waals surface area contributed by atoms with E-state index in [-0.39, 0.29) is 5.97 Å². The predicted molar refractivity (Wildman–Crippen MR) is 59.8 cm³/mol. The summed E-state index contributed by atoms with van der Waals surface area (Å²) in [6.07, 6.45) is 1.70. The number of fused-ring (bicyclic) bond motifs is 1. The minimum absolute atomic E-state index is 0.355. The van der Waals surface area contributed by atoms with Gasteiger partial charge in [0.25, 0.3) is 0 Å². The normalized spacial score (nSPS) is 10.6. The maximum Gasteiger partial charge on any atom is 0.354 e. The molecule has 0 aliphatic heterocycles. The van der Waals surface area contributed by atoms with Gasteiger partial charge in [0.05, 0.1) is 18.1 Å². The fourth-order valence-electron chi connectivity index (χ4n) is 1.48. The van der Waals surface area contributed by atoms with Crippen molar-refractivity contribution in [3.8, 4) is 0 Å². The van der Waals surface area contributed by atoms with Gasteiger partial charge in [-0.2, -0.15) is 0 Å². The van der Waals surface area contributed by atoms with Gasteiger partial charge in [-0.15, -0.1) is 0 Å². The second-order valence-electron chi connectivity index (χ2n) is 3.14. The van der Waals surface area contributed by atoms with Crippen molar-refractivity contribution in [1.82, 2.24) is 9.55 Å². The zero-order valence-electron chi connectivity index (χ0n) is 8.32. The van der Waals surface area contributed by atoms with Crippen LogP contribution in [0.25, 0.3) is 11.0 Å². The molecule has 15 heavy (non-hydrogen) atoms. The molecule has 2 heterocycles. The predicted octanol–water partition coefficient (Wildman–Crippen LogP) is 2.12. The van der Waals surface area contributed by atoms with Crippen LogP contribution in [0, 0.1) is 0 Å². The average Bonchev–Trinajstić information content (AvgIpc) is 2.55. The van der Waals surface area contributed by atoms with Crippen LogP contribution in [0.2, 0.25) is 0 Å². The largest absolute Gasteiger partial charge is 0.464 e. The van der Waals surface area contributed by atoms with Crippen molar-refractivity contribution in [1.29, 1.82) is 0 Å². The molecular weight excluding hydrogens is 260 g/mol. The molecule has 0 unspecified atom stereocenters. The van der Waals surface area contributed by atoms with Crippen molar-refractivity contribution < 1.29 is 9.53 Å². The van der Waals surface area contributed by atoms with E-state index in [1.54, 1.807) is 16.8 Å². The van der Waals surface area contributed by atoms with E-state index in [2.05, 4.69) is 25.7 Å². The van der Waals surface area contributed by atoms with Gasteiger partial charge in [0.15, 0.2) is 0 Å². The van der Waals surface area contributed by atoms with E-state index in [1.165, 1.54) is 7.11 Å². The number of carbonyl (C=O) groups is 1. The minimum Gasteiger partial charge on any atom is -0.464 e. The second kappa shape index (κ2) is 3.66. The molecule has 2 aromatic heterocycles. The summed E-state index contributed by atoms with van der Waals surface area (Å²) < 4.78 is 7.32. The van der Waals surface area contributed by atoms with Gasteiger partial charge in [0.2, 0.25) is 0 Å². The second-order valence-corrected chi connectivity index (χ2v) is 4.05. The molecule has 0 fully saturated rings. The molecule has 0 amide bonds. The van der Waals surface area contributed by atoms with Gasteiger partial charge in [-0.1, -0.05) is 0 Å². The quantitative estimate of drug-likeness (QED) is 0.745. The van der Waals surface area contributed by atoms with Crippen LogP contribution < -0.4 is 0 Å². The fourth-order valence-corrected chi connectivity index (χ4v) is 1.79. The third kappa shape index (κ3) is 1.63. The Balaban J connectivity index is 2.69. The summed E-state index contributed by atoms with van der Waals surface area (Å²) in [5.41, 5.74) is 2.17. The van der Waals surface area contributed by atoms with Crippen LogP contribution in [0.15, 0.2) is 22.8 Å². The summed E-state index contributed by atoms with van der Waals surface area (Å²) in [4.78, 5) is 15.6. The highest BCUT2D eigenvalue weighted by molar-refractivity contribution is 9.10. The van der Waals surface area contributed by atoms with Crippen LogP contribution in [0.1, 0.15) is 10.5 Å². The molecule has 0 aromatic carbocycles. The minimum atomic E-state index is -0.355. The number of aryl methyl sites for hydroxylation is 1. The van der Waals surface area contributed by atoms with E-state index in [4.69, 9.17) is 0 Å². The first-order valence-corrected chi connectivity index (χ1v) is 5.12. The average molecular weight is 269 g/mol. The zero-order valence-corrected chi connectivity index (χ0v) is 9.91. The first kappa shape index (κ1) is 10.2. The number of ether oxygens (including phenoxy) is 1. The van der Waals surface area contributed by atoms with E-state index < -0.39 is 0 Å². The number of halogens is 1. The van der Waals surface area contributed by atoms with Gasteiger partial charge in [-0.25, -0.2) is 4.79 Å². The monoisotopic (exact) mass is 268 g/mol. The lowest BCUT2D eigenvalue weighted by molar-refractivity contribution is 0.0590. The molecule has 78 valence electrons. The molecule has 0 atom stereocenters. The lowest BCUT2D eigenvalue weighted by Gasteiger charge is -2.01. The fraction of sp³-hybridized carbons (Fsp3) is 0.200. The number of aromatic nitrogens is 2. The van der Waals surface area contributed by atoms with Crippen LogP contribution in [-0.4, -0.2) is 22.6 Å². The third-order valence-corrected chi connectivity index (χ3v) is 2.69. The Kier molecular flexibility index (Phi) is 2.48. The van der Waals surface area contributed by atoms with E-state index in [0.29, 0.717) is 5.69 Å². The molecule has 0 bridgehead atoms. The van der Waals surface area contributed by atoms with Crippen molar-refractivity contribution in [2.75, 3.05) is 7.11 Å². The van der Waals surface area contributed by atoms with Gasteiger partial charge in [-0.3, -0.25) is 4.98 Å². The molecule has 2 aromatic rings. The van der Waals surface area contributed by atoms with Crippen LogP contribution >= 0.6 is 15.9 Å². The van der Waals surface area contributed by atoms with E-state index >= 15 is 0 Å². The van der Waals surface area contributed by atoms with E-state index in [9.17, 15) is 4.79 Å². The molecule has 4 nitrogen and oxygen atoms in total. The molecular formula is C10H9BrN2O2. The first-order chi connectivity index (χ1) is 7.13. The van der Waals surface area contributed by atoms with Gasteiger partial charge in [0, 0.05) is 17.7 Å². The zero-order chi connectivity index (χ0) is 11.0. The van der Waals surface area contributed by atoms with Crippen LogP contribution in [0.4, 0.5) is 0 Å². The van der Waals surface area contributed by atoms with Crippen LogP contribution in [-0.2, 0) is 11.8 Å². The standard InChI is InChI=1S/C10H9BrN2O2/c1-13-8-3-6(11)5-12-7(8)4-9(13)10(14)15-2/h3-5H,1-2H3. The highest BCUT2D eigenvalue weighted by atomic mass is 79.9. The lowest BCUT2D eigenvalue weighted by Crippen LogP contribution is -2.06. The molecule has 0 N–H and O–H groups in total. The Morgan fingerprint density at radius 1 is 1.53 bits per heavy atom. The Hall–Kier alpha value is -1.36. The molecule has 2 rings (SSSR count). The molecule has 0 aliphatic rings. The van der Waals surface area contributed by atoms with E-state index in [0.717, 1.165) is 15.5 Å². The van der Waals surface area contributed by atoms with Crippen molar-refractivity contribution in [3.05, 3.63) is 28.5 Å². The Morgan fingerprint density at radius 3 is 2.93 bits per heavy atom. The van der Waals surface area contributed by atoms with Crippen LogP contribution in [0.3, 0.4) is 0 Å². The van der Waals surface area contributed by atoms with Crippen molar-refractivity contribution >= 4 is 32.9 Å². The molecule has 0 spiro atoms. The summed E-state index contributed by atoms with van der Waals surface area (Å²) in [6.45, 7) is 0. The van der Waals surface area contributed by atoms with E-state index in [1.807, 2.05) is 13.1 Å². The summed E-state index contributed by atoms with van der Waals surface area (Å²) in [7, 11) is 3.17. The summed E-state index contributed by atoms with van der Waals surface area (Å²) in [5, 5.41) is 0. The summed E-state index contributed by atoms with van der Waals surface area (Å²) >= 11 is 3.34. The SMILES string of the molecule is COC(=O)c1cc2ncc(Br)cc2n1C. The Morgan fingerprint density at radius 2 is 2.27 bits per heavy atom. The Labute approximate surface area is 95.0 Å². The van der Waals surface area contributed by atoms with Gasteiger partial charge < -0.3 is 9.30 Å². The van der Waals surface area contributed by atoms with Gasteiger partial charge in [-0.05, 0) is 28.1 Å². The number of methoxy groups -OCH3 is 1. The van der Waals surface area contributed by atoms with Crippen molar-refractivity contribution in [3.63, 3.8) is 0 Å². The molecule has 0 aliphatic carbocycles. The van der Waals surface area contributed by atoms with Gasteiger partial charge >= 0.3 is 5.97 Å². The molecule has 5 heteroatoms. The van der Waals surface area contributed by atoms with Crippen LogP contribution in [0.5, 0.6) is 0 Å². The smallest absolute Gasteiger partial charge is 0.354 e. The van der Waals surface area contributed by atoms with Crippen molar-refractivity contribution in [2.24, 2.45) is 7.05 Å². The maximum atomic E-state index is 11.4. The third-order valence-electron chi connectivity index (χ3n) is 2.25. The number of carbonyl (C=O) groups excluding carboxylic acids is 1. The molecule has 0 saturated carbocycles. The highest BCUT2D eigenvalue weighted by Crippen LogP contribution is 2.20. The van der Waals surface area contributed by atoms with Crippen molar-refractivity contribution in [2.45, 2.75) is 0 Å². The maximum absolute atomic E-state index is 11.4.